The van der Waals surface area contributed by atoms with Crippen molar-refractivity contribution in [1.29, 1.82) is 0 Å². The zero-order valence-corrected chi connectivity index (χ0v) is 16.7. The molecule has 0 radical (unpaired) electrons. The maximum Gasteiger partial charge on any atom is 0.193 e. The SMILES string of the molecule is CN=C(NCc1cccc(Cn2ccnc2)c1)N1CCSC(C(C)C)C1. The van der Waals surface area contributed by atoms with Gasteiger partial charge < -0.3 is 14.8 Å². The summed E-state index contributed by atoms with van der Waals surface area (Å²) in [5.41, 5.74) is 2.56. The molecule has 1 atom stereocenters. The van der Waals surface area contributed by atoms with E-state index >= 15 is 0 Å². The van der Waals surface area contributed by atoms with Gasteiger partial charge in [0, 0.05) is 56.6 Å². The summed E-state index contributed by atoms with van der Waals surface area (Å²) in [5, 5.41) is 4.23. The smallest absolute Gasteiger partial charge is 0.193 e. The Morgan fingerprint density at radius 2 is 2.23 bits per heavy atom. The summed E-state index contributed by atoms with van der Waals surface area (Å²) < 4.78 is 2.09. The van der Waals surface area contributed by atoms with Gasteiger partial charge >= 0.3 is 0 Å². The van der Waals surface area contributed by atoms with E-state index in [9.17, 15) is 0 Å². The van der Waals surface area contributed by atoms with E-state index in [0.29, 0.717) is 11.2 Å². The lowest BCUT2D eigenvalue weighted by atomic mass is 10.1. The maximum absolute atomic E-state index is 4.51. The third kappa shape index (κ3) is 5.04. The molecular weight excluding hydrogens is 342 g/mol. The highest BCUT2D eigenvalue weighted by atomic mass is 32.2. The highest BCUT2D eigenvalue weighted by molar-refractivity contribution is 8.00. The molecule has 0 spiro atoms. The summed E-state index contributed by atoms with van der Waals surface area (Å²) in [4.78, 5) is 11.0. The third-order valence-electron chi connectivity index (χ3n) is 4.71. The van der Waals surface area contributed by atoms with Crippen molar-refractivity contribution >= 4 is 17.7 Å². The van der Waals surface area contributed by atoms with Crippen LogP contribution in [0.3, 0.4) is 0 Å². The first-order valence-corrected chi connectivity index (χ1v) is 10.3. The first kappa shape index (κ1) is 18.8. The van der Waals surface area contributed by atoms with Crippen LogP contribution in [0.4, 0.5) is 0 Å². The first-order valence-electron chi connectivity index (χ1n) is 9.26. The average Bonchev–Trinajstić information content (AvgIpc) is 3.16. The van der Waals surface area contributed by atoms with Gasteiger partial charge in [0.2, 0.25) is 0 Å². The Morgan fingerprint density at radius 1 is 1.38 bits per heavy atom. The van der Waals surface area contributed by atoms with Crippen LogP contribution in [0.15, 0.2) is 48.0 Å². The van der Waals surface area contributed by atoms with Crippen LogP contribution in [-0.4, -0.2) is 51.6 Å². The molecule has 1 fully saturated rings. The molecule has 1 saturated heterocycles. The molecule has 0 amide bonds. The van der Waals surface area contributed by atoms with Crippen LogP contribution in [0.2, 0.25) is 0 Å². The topological polar surface area (TPSA) is 45.5 Å². The molecular formula is C20H29N5S. The van der Waals surface area contributed by atoms with Crippen LogP contribution in [-0.2, 0) is 13.1 Å². The number of guanidine groups is 1. The van der Waals surface area contributed by atoms with Crippen LogP contribution in [0.5, 0.6) is 0 Å². The van der Waals surface area contributed by atoms with E-state index in [4.69, 9.17) is 0 Å². The average molecular weight is 372 g/mol. The Kier molecular flexibility index (Phi) is 6.61. The van der Waals surface area contributed by atoms with Gasteiger partial charge in [-0.25, -0.2) is 4.98 Å². The fourth-order valence-corrected chi connectivity index (χ4v) is 4.51. The second kappa shape index (κ2) is 9.12. The molecule has 0 bridgehead atoms. The molecule has 3 rings (SSSR count). The molecule has 6 heteroatoms. The molecule has 1 aromatic carbocycles. The number of thioether (sulfide) groups is 1. The molecule has 2 aromatic rings. The van der Waals surface area contributed by atoms with Crippen molar-refractivity contribution < 1.29 is 0 Å². The molecule has 140 valence electrons. The summed E-state index contributed by atoms with van der Waals surface area (Å²) in [5.74, 6) is 2.88. The predicted octanol–water partition coefficient (Wildman–Crippen LogP) is 3.08. The lowest BCUT2D eigenvalue weighted by molar-refractivity contribution is 0.380. The van der Waals surface area contributed by atoms with E-state index < -0.39 is 0 Å². The molecule has 0 saturated carbocycles. The second-order valence-corrected chi connectivity index (χ2v) is 8.40. The van der Waals surface area contributed by atoms with Crippen LogP contribution >= 0.6 is 11.8 Å². The Bertz CT molecular complexity index is 711. The Balaban J connectivity index is 1.58. The van der Waals surface area contributed by atoms with E-state index in [1.54, 1.807) is 0 Å². The Morgan fingerprint density at radius 3 is 2.96 bits per heavy atom. The van der Waals surface area contributed by atoms with Gasteiger partial charge in [0.15, 0.2) is 5.96 Å². The van der Waals surface area contributed by atoms with Gasteiger partial charge in [-0.15, -0.1) is 0 Å². The van der Waals surface area contributed by atoms with Crippen molar-refractivity contribution in [1.82, 2.24) is 19.8 Å². The lowest BCUT2D eigenvalue weighted by Gasteiger charge is -2.36. The van der Waals surface area contributed by atoms with Gasteiger partial charge in [-0.05, 0) is 17.0 Å². The monoisotopic (exact) mass is 371 g/mol. The number of aliphatic imine (C=N–C) groups is 1. The molecule has 0 aliphatic carbocycles. The van der Waals surface area contributed by atoms with Gasteiger partial charge in [-0.3, -0.25) is 4.99 Å². The maximum atomic E-state index is 4.51. The predicted molar refractivity (Wildman–Crippen MR) is 111 cm³/mol. The first-order chi connectivity index (χ1) is 12.7. The summed E-state index contributed by atoms with van der Waals surface area (Å²) in [7, 11) is 1.88. The molecule has 1 aromatic heterocycles. The number of nitrogens with one attached hydrogen (secondary N) is 1. The normalized spacial score (nSPS) is 18.4. The van der Waals surface area contributed by atoms with Crippen LogP contribution in [0, 0.1) is 5.92 Å². The second-order valence-electron chi connectivity index (χ2n) is 7.06. The third-order valence-corrected chi connectivity index (χ3v) is 6.25. The van der Waals surface area contributed by atoms with E-state index in [-0.39, 0.29) is 0 Å². The Labute approximate surface area is 160 Å². The highest BCUT2D eigenvalue weighted by Crippen LogP contribution is 2.24. The van der Waals surface area contributed by atoms with Crippen molar-refractivity contribution in [2.75, 3.05) is 25.9 Å². The quantitative estimate of drug-likeness (QED) is 0.648. The van der Waals surface area contributed by atoms with Crippen LogP contribution < -0.4 is 5.32 Å². The summed E-state index contributed by atoms with van der Waals surface area (Å²) in [6.45, 7) is 8.39. The number of hydrogen-bond acceptors (Lipinski definition) is 3. The molecule has 1 N–H and O–H groups in total. The van der Waals surface area contributed by atoms with Crippen molar-refractivity contribution in [3.8, 4) is 0 Å². The number of aromatic nitrogens is 2. The van der Waals surface area contributed by atoms with Crippen LogP contribution in [0.1, 0.15) is 25.0 Å². The van der Waals surface area contributed by atoms with Crippen molar-refractivity contribution in [3.05, 3.63) is 54.1 Å². The molecule has 5 nitrogen and oxygen atoms in total. The van der Waals surface area contributed by atoms with Gasteiger partial charge in [0.1, 0.15) is 0 Å². The number of nitrogens with zero attached hydrogens (tertiary/aromatic N) is 4. The summed E-state index contributed by atoms with van der Waals surface area (Å²) in [6.07, 6.45) is 5.66. The van der Waals surface area contributed by atoms with Crippen molar-refractivity contribution in [2.24, 2.45) is 10.9 Å². The highest BCUT2D eigenvalue weighted by Gasteiger charge is 2.24. The van der Waals surface area contributed by atoms with Gasteiger partial charge in [-0.1, -0.05) is 38.1 Å². The largest absolute Gasteiger partial charge is 0.352 e. The number of hydrogen-bond donors (Lipinski definition) is 1. The summed E-state index contributed by atoms with van der Waals surface area (Å²) >= 11 is 2.09. The minimum absolute atomic E-state index is 0.681. The number of imidazole rings is 1. The number of benzene rings is 1. The van der Waals surface area contributed by atoms with Gasteiger partial charge in [-0.2, -0.15) is 11.8 Å². The van der Waals surface area contributed by atoms with E-state index in [1.807, 2.05) is 25.8 Å². The molecule has 1 aliphatic heterocycles. The zero-order valence-electron chi connectivity index (χ0n) is 15.9. The Hall–Kier alpha value is -1.95. The van der Waals surface area contributed by atoms with E-state index in [1.165, 1.54) is 16.9 Å². The molecule has 2 heterocycles. The lowest BCUT2D eigenvalue weighted by Crippen LogP contribution is -2.48. The van der Waals surface area contributed by atoms with Crippen LogP contribution in [0.25, 0.3) is 0 Å². The van der Waals surface area contributed by atoms with Crippen molar-refractivity contribution in [2.45, 2.75) is 32.2 Å². The zero-order chi connectivity index (χ0) is 18.4. The molecule has 1 unspecified atom stereocenters. The fourth-order valence-electron chi connectivity index (χ4n) is 3.21. The fraction of sp³-hybridized carbons (Fsp3) is 0.500. The minimum Gasteiger partial charge on any atom is -0.352 e. The van der Waals surface area contributed by atoms with Gasteiger partial charge in [0.05, 0.1) is 6.33 Å². The van der Waals surface area contributed by atoms with E-state index in [0.717, 1.165) is 32.1 Å². The molecule has 26 heavy (non-hydrogen) atoms. The van der Waals surface area contributed by atoms with Crippen molar-refractivity contribution in [3.63, 3.8) is 0 Å². The number of rotatable bonds is 5. The minimum atomic E-state index is 0.681. The van der Waals surface area contributed by atoms with Gasteiger partial charge in [0.25, 0.3) is 0 Å². The standard InChI is InChI=1S/C20H29N5S/c1-16(2)19-14-25(9-10-26-19)20(21-3)23-12-17-5-4-6-18(11-17)13-24-8-7-22-15-24/h4-8,11,15-16,19H,9-10,12-14H2,1-3H3,(H,21,23). The van der Waals surface area contributed by atoms with E-state index in [2.05, 4.69) is 74.6 Å². The molecule has 1 aliphatic rings. The summed E-state index contributed by atoms with van der Waals surface area (Å²) in [6, 6.07) is 8.70.